The van der Waals surface area contributed by atoms with Crippen LogP contribution in [0.4, 0.5) is 5.69 Å². The van der Waals surface area contributed by atoms with Gasteiger partial charge in [-0.25, -0.2) is 18.1 Å². The number of halogens is 1. The average molecular weight is 907 g/mol. The van der Waals surface area contributed by atoms with Crippen LogP contribution in [0.2, 0.25) is 5.02 Å². The van der Waals surface area contributed by atoms with Crippen molar-refractivity contribution in [3.63, 3.8) is 0 Å². The van der Waals surface area contributed by atoms with Gasteiger partial charge in [0.25, 0.3) is 21.6 Å². The van der Waals surface area contributed by atoms with Crippen LogP contribution < -0.4 is 19.7 Å². The number of amides is 1. The van der Waals surface area contributed by atoms with Crippen LogP contribution >= 0.6 is 11.6 Å². The van der Waals surface area contributed by atoms with E-state index in [0.717, 1.165) is 86.3 Å². The van der Waals surface area contributed by atoms with Crippen molar-refractivity contribution in [1.29, 1.82) is 0 Å². The zero-order valence-corrected chi connectivity index (χ0v) is 37.1. The van der Waals surface area contributed by atoms with Gasteiger partial charge >= 0.3 is 0 Å². The van der Waals surface area contributed by atoms with Crippen LogP contribution in [-0.2, 0) is 14.8 Å². The number of fused-ring (bicyclic) bond motifs is 2. The van der Waals surface area contributed by atoms with Gasteiger partial charge in [-0.3, -0.25) is 19.8 Å². The minimum atomic E-state index is -4.57. The number of sulfonamides is 1. The Morgan fingerprint density at radius 1 is 1.03 bits per heavy atom. The number of nitrogens with one attached hydrogen (secondary N) is 3. The summed E-state index contributed by atoms with van der Waals surface area (Å²) in [6, 6.07) is 16.5. The number of hydrogen-bond acceptors (Lipinski definition) is 11. The van der Waals surface area contributed by atoms with Crippen LogP contribution in [0.1, 0.15) is 73.7 Å². The summed E-state index contributed by atoms with van der Waals surface area (Å²) in [4.78, 5) is 37.8. The van der Waals surface area contributed by atoms with Gasteiger partial charge in [0.1, 0.15) is 17.1 Å². The summed E-state index contributed by atoms with van der Waals surface area (Å²) in [6.45, 7) is 5.42. The summed E-state index contributed by atoms with van der Waals surface area (Å²) >= 11 is 6.29. The van der Waals surface area contributed by atoms with E-state index >= 15 is 0 Å². The maximum absolute atomic E-state index is 14.1. The van der Waals surface area contributed by atoms with Gasteiger partial charge in [0.2, 0.25) is 0 Å². The van der Waals surface area contributed by atoms with Crippen molar-refractivity contribution >= 4 is 49.8 Å². The Hall–Kier alpha value is -5.48. The number of rotatable bonds is 12. The van der Waals surface area contributed by atoms with Gasteiger partial charge in [-0.1, -0.05) is 35.7 Å². The molecule has 3 aliphatic carbocycles. The largest absolute Gasteiger partial charge is 0.455 e. The van der Waals surface area contributed by atoms with E-state index in [2.05, 4.69) is 41.9 Å². The molecule has 10 rings (SSSR count). The first kappa shape index (κ1) is 42.5. The number of ether oxygens (including phenoxy) is 2. The van der Waals surface area contributed by atoms with E-state index < -0.39 is 32.8 Å². The zero-order chi connectivity index (χ0) is 44.0. The molecule has 334 valence electrons. The maximum atomic E-state index is 14.1. The Balaban J connectivity index is 0.868. The molecule has 1 spiro atoms. The second kappa shape index (κ2) is 17.5. The Morgan fingerprint density at radius 3 is 2.58 bits per heavy atom. The molecule has 4 aromatic rings. The molecule has 2 saturated heterocycles. The molecular formula is C48H52ClN7O7S. The molecule has 6 aliphatic rings. The molecule has 2 unspecified atom stereocenters. The highest BCUT2D eigenvalue weighted by Gasteiger charge is 2.42. The molecule has 1 saturated carbocycles. The topological polar surface area (TPSA) is 172 Å². The monoisotopic (exact) mass is 905 g/mol. The van der Waals surface area contributed by atoms with Crippen LogP contribution in [0.5, 0.6) is 11.5 Å². The molecule has 1 amide bonds. The number of H-pyrrole nitrogens is 1. The number of aromatic amines is 1. The summed E-state index contributed by atoms with van der Waals surface area (Å²) in [7, 11) is -4.57. The van der Waals surface area contributed by atoms with E-state index in [1.54, 1.807) is 36.7 Å². The second-order valence-electron chi connectivity index (χ2n) is 18.2. The van der Waals surface area contributed by atoms with Crippen molar-refractivity contribution in [2.75, 3.05) is 50.8 Å². The SMILES string of the molecule is O=C(NS(=O)(=O)C1=CC2NC(CC3CCOCC3)=CC2C([N+](=O)[O-])=C1)c1ccc(N2CCN(CC3=C(c4ccc(Cl)cc4)CC4(CCC4)CC3)CC2)cc1Oc1cnc2[nH]ccc2c1. The van der Waals surface area contributed by atoms with Crippen LogP contribution in [-0.4, -0.2) is 86.1 Å². The molecule has 2 atom stereocenters. The van der Waals surface area contributed by atoms with Crippen molar-refractivity contribution in [3.8, 4) is 11.5 Å². The second-order valence-corrected chi connectivity index (χ2v) is 20.3. The third-order valence-electron chi connectivity index (χ3n) is 14.2. The summed E-state index contributed by atoms with van der Waals surface area (Å²) in [6.07, 6.45) is 17.5. The van der Waals surface area contributed by atoms with E-state index in [1.807, 2.05) is 24.3 Å². The number of hydrogen-bond donors (Lipinski definition) is 3. The summed E-state index contributed by atoms with van der Waals surface area (Å²) in [5, 5.41) is 17.2. The highest BCUT2D eigenvalue weighted by Crippen LogP contribution is 2.55. The van der Waals surface area contributed by atoms with Crippen LogP contribution in [0.15, 0.2) is 107 Å². The normalized spacial score (nSPS) is 22.6. The number of anilines is 1. The number of nitrogens with zero attached hydrogens (tertiary/aromatic N) is 4. The van der Waals surface area contributed by atoms with Gasteiger partial charge in [-0.2, -0.15) is 0 Å². The number of pyridine rings is 1. The molecule has 2 aromatic heterocycles. The lowest BCUT2D eigenvalue weighted by atomic mass is 9.59. The van der Waals surface area contributed by atoms with Gasteiger partial charge in [0, 0.05) is 86.1 Å². The minimum absolute atomic E-state index is 0.0181. The van der Waals surface area contributed by atoms with Crippen molar-refractivity contribution in [3.05, 3.63) is 133 Å². The minimum Gasteiger partial charge on any atom is -0.455 e. The number of aromatic nitrogens is 2. The van der Waals surface area contributed by atoms with E-state index in [-0.39, 0.29) is 21.9 Å². The van der Waals surface area contributed by atoms with Gasteiger partial charge in [0.15, 0.2) is 0 Å². The molecule has 3 N–H and O–H groups in total. The van der Waals surface area contributed by atoms with Crippen molar-refractivity contribution in [2.24, 2.45) is 17.3 Å². The average Bonchev–Trinajstić information content (AvgIpc) is 3.93. The number of benzene rings is 2. The van der Waals surface area contributed by atoms with E-state index in [9.17, 15) is 23.3 Å². The molecule has 16 heteroatoms. The third-order valence-corrected chi connectivity index (χ3v) is 15.8. The lowest BCUT2D eigenvalue weighted by Gasteiger charge is -2.47. The number of carbonyl (C=O) groups is 1. The van der Waals surface area contributed by atoms with Crippen molar-refractivity contribution in [2.45, 2.75) is 63.8 Å². The van der Waals surface area contributed by atoms with Gasteiger partial charge < -0.3 is 24.7 Å². The summed E-state index contributed by atoms with van der Waals surface area (Å²) < 4.78 is 42.0. The highest BCUT2D eigenvalue weighted by molar-refractivity contribution is 7.94. The quantitative estimate of drug-likeness (QED) is 0.0922. The number of allylic oxidation sites excluding steroid dienone is 3. The van der Waals surface area contributed by atoms with E-state index in [0.29, 0.717) is 42.4 Å². The van der Waals surface area contributed by atoms with Crippen LogP contribution in [0.3, 0.4) is 0 Å². The molecule has 3 aliphatic heterocycles. The number of carbonyl (C=O) groups excluding carboxylic acids is 1. The predicted octanol–water partition coefficient (Wildman–Crippen LogP) is 8.34. The molecule has 14 nitrogen and oxygen atoms in total. The van der Waals surface area contributed by atoms with Gasteiger partial charge in [0.05, 0.1) is 33.5 Å². The third kappa shape index (κ3) is 8.82. The fraction of sp³-hybridized carbons (Fsp3) is 0.417. The van der Waals surface area contributed by atoms with E-state index in [1.165, 1.54) is 48.5 Å². The fourth-order valence-corrected chi connectivity index (χ4v) is 11.6. The Kier molecular flexibility index (Phi) is 11.6. The Morgan fingerprint density at radius 2 is 1.83 bits per heavy atom. The Labute approximate surface area is 377 Å². The van der Waals surface area contributed by atoms with Crippen molar-refractivity contribution < 1.29 is 27.6 Å². The smallest absolute Gasteiger partial charge is 0.268 e. The lowest BCUT2D eigenvalue weighted by molar-refractivity contribution is -0.432. The maximum Gasteiger partial charge on any atom is 0.268 e. The van der Waals surface area contributed by atoms with Gasteiger partial charge in [-0.15, -0.1) is 0 Å². The fourth-order valence-electron chi connectivity index (χ4n) is 10.4. The highest BCUT2D eigenvalue weighted by atomic mass is 35.5. The molecule has 3 fully saturated rings. The zero-order valence-electron chi connectivity index (χ0n) is 35.6. The predicted molar refractivity (Wildman–Crippen MR) is 246 cm³/mol. The summed E-state index contributed by atoms with van der Waals surface area (Å²) in [5.74, 6) is -0.695. The molecule has 0 radical (unpaired) electrons. The molecule has 5 heterocycles. The molecule has 64 heavy (non-hydrogen) atoms. The Bertz CT molecular complexity index is 2710. The summed E-state index contributed by atoms with van der Waals surface area (Å²) in [5.41, 5.74) is 6.79. The first-order valence-electron chi connectivity index (χ1n) is 22.4. The molecular weight excluding hydrogens is 854 g/mol. The first-order valence-corrected chi connectivity index (χ1v) is 24.2. The first-order chi connectivity index (χ1) is 31.0. The molecule has 0 bridgehead atoms. The van der Waals surface area contributed by atoms with Gasteiger partial charge in [-0.05, 0) is 122 Å². The number of nitro groups is 1. The lowest BCUT2D eigenvalue weighted by Crippen LogP contribution is -2.47. The van der Waals surface area contributed by atoms with Crippen molar-refractivity contribution in [1.82, 2.24) is 24.9 Å². The van der Waals surface area contributed by atoms with E-state index in [4.69, 9.17) is 21.1 Å². The standard InChI is InChI=1S/C48H52ClN7O7S/c49-35-4-2-32(3-5-35)42-28-48(12-1-13-48)14-8-34(42)30-54-16-18-55(19-17-54)37-6-7-40(45(25-37)63-38-23-33-9-15-50-46(33)51-29-38)47(57)53-64(60,61)39-26-43-41(44(27-39)56(58)59)24-36(52-43)22-31-10-20-62-21-11-31/h2-7,9,15,23-27,29,31,41,43,52H,1,8,10-14,16-22,28,30H2,(H,50,51)(H,53,57). The van der Waals surface area contributed by atoms with Crippen LogP contribution in [0, 0.1) is 27.4 Å². The molecule has 2 aromatic carbocycles. The van der Waals surface area contributed by atoms with Crippen LogP contribution in [0.25, 0.3) is 16.6 Å². The number of piperazine rings is 1.